The lowest BCUT2D eigenvalue weighted by Gasteiger charge is -2.32. The Balaban J connectivity index is 1.79. The van der Waals surface area contributed by atoms with Gasteiger partial charge >= 0.3 is 0 Å². The lowest BCUT2D eigenvalue weighted by atomic mass is 9.91. The molecule has 0 spiro atoms. The maximum absolute atomic E-state index is 13.2. The number of halogens is 2. The van der Waals surface area contributed by atoms with Gasteiger partial charge in [0.2, 0.25) is 5.91 Å². The zero-order valence-electron chi connectivity index (χ0n) is 13.9. The minimum Gasteiger partial charge on any atom is -0.353 e. The van der Waals surface area contributed by atoms with E-state index in [4.69, 9.17) is 0 Å². The molecule has 5 heteroatoms. The van der Waals surface area contributed by atoms with Gasteiger partial charge in [0.05, 0.1) is 6.54 Å². The van der Waals surface area contributed by atoms with Gasteiger partial charge in [0, 0.05) is 12.6 Å². The Morgan fingerprint density at radius 3 is 2.83 bits per heavy atom. The number of nitrogens with one attached hydrogen (secondary N) is 1. The van der Waals surface area contributed by atoms with Crippen molar-refractivity contribution in [2.24, 2.45) is 5.92 Å². The standard InChI is InChI=1S/C18H26F2N2O/c1-13(2)21-18(23)12-22-9-3-4-15(11-22)6-5-14-7-8-16(19)17(20)10-14/h7-8,10,13,15H,3-6,9,11-12H2,1-2H3,(H,21,23)/t15-/m1/s1. The molecule has 2 rings (SSSR count). The molecule has 0 aliphatic carbocycles. The number of carbonyl (C=O) groups excluding carboxylic acids is 1. The topological polar surface area (TPSA) is 32.3 Å². The van der Waals surface area contributed by atoms with Crippen molar-refractivity contribution in [3.8, 4) is 0 Å². The maximum Gasteiger partial charge on any atom is 0.234 e. The van der Waals surface area contributed by atoms with Crippen LogP contribution in [-0.2, 0) is 11.2 Å². The van der Waals surface area contributed by atoms with Crippen molar-refractivity contribution >= 4 is 5.91 Å². The number of nitrogens with zero attached hydrogens (tertiary/aromatic N) is 1. The van der Waals surface area contributed by atoms with Gasteiger partial charge in [0.1, 0.15) is 0 Å². The van der Waals surface area contributed by atoms with Crippen LogP contribution in [-0.4, -0.2) is 36.5 Å². The fourth-order valence-corrected chi connectivity index (χ4v) is 3.17. The van der Waals surface area contributed by atoms with E-state index < -0.39 is 11.6 Å². The van der Waals surface area contributed by atoms with E-state index in [2.05, 4.69) is 10.2 Å². The molecule has 1 aliphatic heterocycles. The molecule has 1 heterocycles. The Kier molecular flexibility index (Phi) is 6.51. The van der Waals surface area contributed by atoms with Gasteiger partial charge in [0.25, 0.3) is 0 Å². The second-order valence-electron chi connectivity index (χ2n) is 6.75. The van der Waals surface area contributed by atoms with Gasteiger partial charge in [-0.2, -0.15) is 0 Å². The number of likely N-dealkylation sites (tertiary alicyclic amines) is 1. The highest BCUT2D eigenvalue weighted by molar-refractivity contribution is 5.78. The molecule has 128 valence electrons. The van der Waals surface area contributed by atoms with Crippen molar-refractivity contribution in [3.63, 3.8) is 0 Å². The summed E-state index contributed by atoms with van der Waals surface area (Å²) in [5.41, 5.74) is 0.832. The molecule has 1 aliphatic rings. The molecule has 0 aromatic heterocycles. The van der Waals surface area contributed by atoms with Gasteiger partial charge in [-0.1, -0.05) is 6.07 Å². The number of aryl methyl sites for hydroxylation is 1. The summed E-state index contributed by atoms with van der Waals surface area (Å²) in [5, 5.41) is 2.92. The van der Waals surface area contributed by atoms with Crippen LogP contribution in [0.5, 0.6) is 0 Å². The molecular formula is C18H26F2N2O. The molecule has 1 atom stereocenters. The molecule has 0 unspecified atom stereocenters. The molecule has 0 bridgehead atoms. The molecular weight excluding hydrogens is 298 g/mol. The van der Waals surface area contributed by atoms with Crippen LogP contribution in [0.3, 0.4) is 0 Å². The molecule has 1 N–H and O–H groups in total. The third kappa shape index (κ3) is 5.90. The largest absolute Gasteiger partial charge is 0.353 e. The molecule has 3 nitrogen and oxygen atoms in total. The zero-order valence-corrected chi connectivity index (χ0v) is 13.9. The van der Waals surface area contributed by atoms with E-state index in [9.17, 15) is 13.6 Å². The number of hydrogen-bond acceptors (Lipinski definition) is 2. The summed E-state index contributed by atoms with van der Waals surface area (Å²) in [6.45, 7) is 6.21. The summed E-state index contributed by atoms with van der Waals surface area (Å²) in [6, 6.07) is 4.28. The summed E-state index contributed by atoms with van der Waals surface area (Å²) in [4.78, 5) is 14.0. The molecule has 0 saturated carbocycles. The molecule has 1 aromatic rings. The first-order valence-electron chi connectivity index (χ1n) is 8.39. The predicted molar refractivity (Wildman–Crippen MR) is 87.1 cm³/mol. The highest BCUT2D eigenvalue weighted by Gasteiger charge is 2.21. The van der Waals surface area contributed by atoms with E-state index in [0.717, 1.165) is 44.3 Å². The van der Waals surface area contributed by atoms with E-state index in [1.807, 2.05) is 13.8 Å². The Bertz CT molecular complexity index is 534. The number of rotatable bonds is 6. The van der Waals surface area contributed by atoms with Gasteiger partial charge in [-0.15, -0.1) is 0 Å². The predicted octanol–water partition coefficient (Wildman–Crippen LogP) is 3.13. The van der Waals surface area contributed by atoms with Crippen LogP contribution in [0.15, 0.2) is 18.2 Å². The second-order valence-corrected chi connectivity index (χ2v) is 6.75. The summed E-state index contributed by atoms with van der Waals surface area (Å²) >= 11 is 0. The minimum atomic E-state index is -0.797. The SMILES string of the molecule is CC(C)NC(=O)CN1CCC[C@H](CCc2ccc(F)c(F)c2)C1. The van der Waals surface area contributed by atoms with Crippen molar-refractivity contribution in [1.82, 2.24) is 10.2 Å². The zero-order chi connectivity index (χ0) is 16.8. The van der Waals surface area contributed by atoms with Gasteiger partial charge in [-0.3, -0.25) is 9.69 Å². The molecule has 1 amide bonds. The summed E-state index contributed by atoms with van der Waals surface area (Å²) in [5.74, 6) is -1.00. The van der Waals surface area contributed by atoms with Crippen LogP contribution >= 0.6 is 0 Å². The van der Waals surface area contributed by atoms with E-state index >= 15 is 0 Å². The number of amides is 1. The Morgan fingerprint density at radius 1 is 1.35 bits per heavy atom. The fraction of sp³-hybridized carbons (Fsp3) is 0.611. The second kappa shape index (κ2) is 8.39. The molecule has 0 radical (unpaired) electrons. The number of carbonyl (C=O) groups is 1. The number of piperidine rings is 1. The van der Waals surface area contributed by atoms with Crippen molar-refractivity contribution in [2.45, 2.75) is 45.6 Å². The quantitative estimate of drug-likeness (QED) is 0.872. The van der Waals surface area contributed by atoms with Crippen LogP contribution in [0.1, 0.15) is 38.7 Å². The normalized spacial score (nSPS) is 19.1. The van der Waals surface area contributed by atoms with Crippen LogP contribution < -0.4 is 5.32 Å². The maximum atomic E-state index is 13.2. The number of hydrogen-bond donors (Lipinski definition) is 1. The summed E-state index contributed by atoms with van der Waals surface area (Å²) in [6.07, 6.45) is 3.89. The van der Waals surface area contributed by atoms with Gasteiger partial charge < -0.3 is 5.32 Å². The van der Waals surface area contributed by atoms with Crippen molar-refractivity contribution in [3.05, 3.63) is 35.4 Å². The van der Waals surface area contributed by atoms with Gasteiger partial charge in [0.15, 0.2) is 11.6 Å². The Morgan fingerprint density at radius 2 is 2.13 bits per heavy atom. The monoisotopic (exact) mass is 324 g/mol. The first-order valence-corrected chi connectivity index (χ1v) is 8.39. The van der Waals surface area contributed by atoms with E-state index in [0.29, 0.717) is 12.5 Å². The molecule has 23 heavy (non-hydrogen) atoms. The van der Waals surface area contributed by atoms with Crippen molar-refractivity contribution in [1.29, 1.82) is 0 Å². The summed E-state index contributed by atoms with van der Waals surface area (Å²) < 4.78 is 26.2. The smallest absolute Gasteiger partial charge is 0.234 e. The van der Waals surface area contributed by atoms with Crippen LogP contribution in [0, 0.1) is 17.6 Å². The highest BCUT2D eigenvalue weighted by atomic mass is 19.2. The molecule has 1 saturated heterocycles. The van der Waals surface area contributed by atoms with Crippen LogP contribution in [0.2, 0.25) is 0 Å². The van der Waals surface area contributed by atoms with Crippen LogP contribution in [0.4, 0.5) is 8.78 Å². The third-order valence-corrected chi connectivity index (χ3v) is 4.25. The lowest BCUT2D eigenvalue weighted by molar-refractivity contribution is -0.123. The fourth-order valence-electron chi connectivity index (χ4n) is 3.17. The van der Waals surface area contributed by atoms with Gasteiger partial charge in [-0.25, -0.2) is 8.78 Å². The minimum absolute atomic E-state index is 0.0706. The van der Waals surface area contributed by atoms with Crippen LogP contribution in [0.25, 0.3) is 0 Å². The molecule has 1 aromatic carbocycles. The van der Waals surface area contributed by atoms with Crippen molar-refractivity contribution in [2.75, 3.05) is 19.6 Å². The third-order valence-electron chi connectivity index (χ3n) is 4.25. The highest BCUT2D eigenvalue weighted by Crippen LogP contribution is 2.22. The average Bonchev–Trinajstić information content (AvgIpc) is 2.48. The summed E-state index contributed by atoms with van der Waals surface area (Å²) in [7, 11) is 0. The van der Waals surface area contributed by atoms with E-state index in [-0.39, 0.29) is 11.9 Å². The Labute approximate surface area is 137 Å². The van der Waals surface area contributed by atoms with Crippen molar-refractivity contribution < 1.29 is 13.6 Å². The van der Waals surface area contributed by atoms with E-state index in [1.165, 1.54) is 12.1 Å². The molecule has 1 fully saturated rings. The Hall–Kier alpha value is -1.49. The number of benzene rings is 1. The van der Waals surface area contributed by atoms with Gasteiger partial charge in [-0.05, 0) is 69.7 Å². The average molecular weight is 324 g/mol. The lowest BCUT2D eigenvalue weighted by Crippen LogP contribution is -2.44. The van der Waals surface area contributed by atoms with E-state index in [1.54, 1.807) is 6.07 Å². The first-order chi connectivity index (χ1) is 10.9. The first kappa shape index (κ1) is 17.9.